The maximum Gasteiger partial charge on any atom is 0.129 e. The summed E-state index contributed by atoms with van der Waals surface area (Å²) < 4.78 is 32.2. The lowest BCUT2D eigenvalue weighted by atomic mass is 9.76. The first-order valence-electron chi connectivity index (χ1n) is 6.98. The molecule has 2 atom stereocenters. The third-order valence-electron chi connectivity index (χ3n) is 3.61. The van der Waals surface area contributed by atoms with Crippen molar-refractivity contribution in [2.45, 2.75) is 25.8 Å². The van der Waals surface area contributed by atoms with Crippen molar-refractivity contribution in [3.63, 3.8) is 0 Å². The van der Waals surface area contributed by atoms with Gasteiger partial charge in [-0.25, -0.2) is 4.39 Å². The number of aliphatic imine (C=N–C) groups is 1. The summed E-state index contributed by atoms with van der Waals surface area (Å²) in [7, 11) is 0. The normalized spacial score (nSPS) is 24.9. The lowest BCUT2D eigenvalue weighted by Gasteiger charge is -2.40. The second kappa shape index (κ2) is 8.34. The van der Waals surface area contributed by atoms with Crippen LogP contribution in [0.2, 0.25) is 0 Å². The predicted molar refractivity (Wildman–Crippen MR) is 85.9 cm³/mol. The highest BCUT2D eigenvalue weighted by atomic mass is 32.2. The fourth-order valence-electron chi connectivity index (χ4n) is 2.54. The van der Waals surface area contributed by atoms with E-state index in [0.717, 1.165) is 0 Å². The maximum atomic E-state index is 14.1. The first-order chi connectivity index (χ1) is 10.1. The minimum absolute atomic E-state index is 0.162. The van der Waals surface area contributed by atoms with Gasteiger partial charge in [-0.1, -0.05) is 13.8 Å². The fraction of sp³-hybridized carbons (Fsp3) is 0.533. The number of ether oxygens (including phenoxy) is 1. The van der Waals surface area contributed by atoms with Crippen molar-refractivity contribution in [3.8, 4) is 0 Å². The van der Waals surface area contributed by atoms with E-state index in [1.54, 1.807) is 0 Å². The molecule has 0 saturated carbocycles. The molecule has 118 valence electrons. The minimum atomic E-state index is -0.962. The van der Waals surface area contributed by atoms with E-state index in [1.165, 1.54) is 18.2 Å². The molecule has 0 aliphatic carbocycles. The Morgan fingerprint density at radius 2 is 2.24 bits per heavy atom. The average Bonchev–Trinajstić information content (AvgIpc) is 2.53. The van der Waals surface area contributed by atoms with E-state index in [4.69, 9.17) is 10.5 Å². The molecule has 1 heterocycles. The maximum absolute atomic E-state index is 14.1. The molecule has 0 spiro atoms. The van der Waals surface area contributed by atoms with Gasteiger partial charge in [-0.15, -0.1) is 0 Å². The lowest BCUT2D eigenvalue weighted by Crippen LogP contribution is -2.44. The van der Waals surface area contributed by atoms with Gasteiger partial charge in [0.05, 0.1) is 6.61 Å². The molecule has 1 aliphatic rings. The molecule has 1 saturated heterocycles. The Hall–Kier alpha value is -1.14. The molecule has 1 fully saturated rings. The molecule has 1 aromatic carbocycles. The van der Waals surface area contributed by atoms with Crippen LogP contribution in [0.3, 0.4) is 0 Å². The number of halogens is 2. The molecule has 6 heteroatoms. The first-order valence-corrected chi connectivity index (χ1v) is 7.87. The Morgan fingerprint density at radius 3 is 2.86 bits per heavy atom. The van der Waals surface area contributed by atoms with Crippen LogP contribution >= 0.6 is 12.1 Å². The van der Waals surface area contributed by atoms with Crippen LogP contribution in [-0.2, 0) is 10.3 Å². The van der Waals surface area contributed by atoms with Gasteiger partial charge in [0.15, 0.2) is 0 Å². The number of nitrogen functional groups attached to an aromatic ring is 1. The number of rotatable bonds is 4. The minimum Gasteiger partial charge on any atom is -0.399 e. The van der Waals surface area contributed by atoms with E-state index < -0.39 is 11.4 Å². The largest absolute Gasteiger partial charge is 0.399 e. The third-order valence-corrected chi connectivity index (χ3v) is 4.14. The Bertz CT molecular complexity index is 471. The molecular formula is C15H22F2N2OS. The average molecular weight is 316 g/mol. The highest BCUT2D eigenvalue weighted by molar-refractivity contribution is 7.94. The third kappa shape index (κ3) is 3.74. The summed E-state index contributed by atoms with van der Waals surface area (Å²) in [5.74, 6) is -0.345. The lowest BCUT2D eigenvalue weighted by molar-refractivity contribution is 0.00398. The number of nitrogens with two attached hydrogens (primary N) is 1. The quantitative estimate of drug-likeness (QED) is 0.675. The van der Waals surface area contributed by atoms with Crippen LogP contribution < -0.4 is 5.73 Å². The van der Waals surface area contributed by atoms with Crippen molar-refractivity contribution >= 4 is 24.6 Å². The van der Waals surface area contributed by atoms with Crippen LogP contribution in [0.1, 0.15) is 25.8 Å². The zero-order valence-corrected chi connectivity index (χ0v) is 13.3. The van der Waals surface area contributed by atoms with E-state index in [1.807, 2.05) is 13.8 Å². The summed E-state index contributed by atoms with van der Waals surface area (Å²) in [5.41, 5.74) is 5.53. The summed E-state index contributed by atoms with van der Waals surface area (Å²) in [6, 6.07) is 4.32. The predicted octanol–water partition coefficient (Wildman–Crippen LogP) is 3.98. The number of benzene rings is 1. The van der Waals surface area contributed by atoms with E-state index in [9.17, 15) is 8.28 Å². The molecule has 1 aliphatic heterocycles. The van der Waals surface area contributed by atoms with Gasteiger partial charge in [-0.2, -0.15) is 3.89 Å². The number of hydrogen-bond donors (Lipinski definition) is 1. The Labute approximate surface area is 129 Å². The van der Waals surface area contributed by atoms with Crippen LogP contribution in [0, 0.1) is 11.7 Å². The van der Waals surface area contributed by atoms with Gasteiger partial charge in [-0.3, -0.25) is 4.99 Å². The van der Waals surface area contributed by atoms with Gasteiger partial charge in [0, 0.05) is 41.7 Å². The second-order valence-corrected chi connectivity index (χ2v) is 5.19. The van der Waals surface area contributed by atoms with Gasteiger partial charge >= 0.3 is 0 Å². The Kier molecular flexibility index (Phi) is 7.11. The smallest absolute Gasteiger partial charge is 0.129 e. The van der Waals surface area contributed by atoms with Crippen molar-refractivity contribution < 1.29 is 13.0 Å². The molecule has 2 N–H and O–H groups in total. The summed E-state index contributed by atoms with van der Waals surface area (Å²) >= 11 is 0.234. The van der Waals surface area contributed by atoms with Crippen molar-refractivity contribution in [2.75, 3.05) is 24.7 Å². The number of hydrogen-bond acceptors (Lipinski definition) is 4. The molecule has 2 rings (SSSR count). The Morgan fingerprint density at radius 1 is 1.52 bits per heavy atom. The first kappa shape index (κ1) is 17.9. The van der Waals surface area contributed by atoms with Crippen LogP contribution in [0.15, 0.2) is 23.2 Å². The molecule has 1 aromatic rings. The molecule has 0 radical (unpaired) electrons. The number of nitrogens with zero attached hydrogens (tertiary/aromatic N) is 1. The van der Waals surface area contributed by atoms with E-state index in [0.29, 0.717) is 24.3 Å². The van der Waals surface area contributed by atoms with Gasteiger partial charge in [0.25, 0.3) is 0 Å². The molecular weight excluding hydrogens is 294 g/mol. The van der Waals surface area contributed by atoms with Crippen LogP contribution in [0.4, 0.5) is 14.0 Å². The molecule has 1 unspecified atom stereocenters. The van der Waals surface area contributed by atoms with Gasteiger partial charge < -0.3 is 10.5 Å². The van der Waals surface area contributed by atoms with Crippen LogP contribution in [-0.4, -0.2) is 25.7 Å². The van der Waals surface area contributed by atoms with Gasteiger partial charge in [0.1, 0.15) is 11.4 Å². The topological polar surface area (TPSA) is 47.6 Å². The highest BCUT2D eigenvalue weighted by Crippen LogP contribution is 2.42. The summed E-state index contributed by atoms with van der Waals surface area (Å²) in [6.07, 6.45) is 0.615. The SMILES string of the molecule is C=N[C@@]1(c2cc(N)ccc2F)COCCC1CSF.CC. The fourth-order valence-corrected chi connectivity index (χ4v) is 3.13. The van der Waals surface area contributed by atoms with E-state index in [-0.39, 0.29) is 30.4 Å². The summed E-state index contributed by atoms with van der Waals surface area (Å²) in [5, 5.41) is 0. The zero-order chi connectivity index (χ0) is 15.9. The van der Waals surface area contributed by atoms with Crippen molar-refractivity contribution in [3.05, 3.63) is 29.6 Å². The van der Waals surface area contributed by atoms with Crippen LogP contribution in [0.5, 0.6) is 0 Å². The highest BCUT2D eigenvalue weighted by Gasteiger charge is 2.44. The van der Waals surface area contributed by atoms with Gasteiger partial charge in [-0.05, 0) is 31.3 Å². The van der Waals surface area contributed by atoms with Crippen LogP contribution in [0.25, 0.3) is 0 Å². The van der Waals surface area contributed by atoms with Crippen molar-refractivity contribution in [1.82, 2.24) is 0 Å². The number of anilines is 1. The monoisotopic (exact) mass is 316 g/mol. The molecule has 21 heavy (non-hydrogen) atoms. The van der Waals surface area contributed by atoms with E-state index >= 15 is 0 Å². The molecule has 0 aromatic heterocycles. The van der Waals surface area contributed by atoms with Crippen molar-refractivity contribution in [1.29, 1.82) is 0 Å². The second-order valence-electron chi connectivity index (χ2n) is 4.64. The Balaban J connectivity index is 0.00000106. The van der Waals surface area contributed by atoms with E-state index in [2.05, 4.69) is 11.7 Å². The summed E-state index contributed by atoms with van der Waals surface area (Å²) in [6.45, 7) is 8.28. The van der Waals surface area contributed by atoms with Gasteiger partial charge in [0.2, 0.25) is 0 Å². The standard InChI is InChI=1S/C13H16F2N2OS.C2H6/c1-17-13(8-18-5-4-9(13)7-19-15)11-6-10(16)2-3-12(11)14;1-2/h2-3,6,9H,1,4-5,7-8,16H2;1-2H3/t9?,13-;/m0./s1. The van der Waals surface area contributed by atoms with Crippen molar-refractivity contribution in [2.24, 2.45) is 10.9 Å². The molecule has 3 nitrogen and oxygen atoms in total. The zero-order valence-electron chi connectivity index (χ0n) is 12.4. The summed E-state index contributed by atoms with van der Waals surface area (Å²) in [4.78, 5) is 4.10. The molecule has 0 amide bonds. The molecule has 0 bridgehead atoms.